The van der Waals surface area contributed by atoms with E-state index >= 15 is 0 Å². The minimum absolute atomic E-state index is 0.000733. The quantitative estimate of drug-likeness (QED) is 0.689. The molecule has 2 unspecified atom stereocenters. The minimum atomic E-state index is -0.592. The average Bonchev–Trinajstić information content (AvgIpc) is 2.73. The predicted molar refractivity (Wildman–Crippen MR) is 115 cm³/mol. The number of nitrogens with zero attached hydrogens (tertiary/aromatic N) is 3. The van der Waals surface area contributed by atoms with E-state index in [9.17, 15) is 14.3 Å². The van der Waals surface area contributed by atoms with Crippen LogP contribution in [0.4, 0.5) is 4.39 Å². The van der Waals surface area contributed by atoms with E-state index in [0.29, 0.717) is 12.0 Å². The molecule has 1 aliphatic rings. The van der Waals surface area contributed by atoms with Crippen LogP contribution < -0.4 is 5.73 Å². The smallest absolute Gasteiger partial charge is 0.209 e. The summed E-state index contributed by atoms with van der Waals surface area (Å²) in [5.41, 5.74) is 8.75. The zero-order valence-electron chi connectivity index (χ0n) is 17.0. The molecule has 2 aromatic rings. The number of nitrogens with two attached hydrogens (primary N) is 1. The molecule has 0 saturated heterocycles. The molecule has 30 heavy (non-hydrogen) atoms. The van der Waals surface area contributed by atoms with Gasteiger partial charge in [0.05, 0.1) is 12.3 Å². The number of rotatable bonds is 7. The molecule has 0 radical (unpaired) electrons. The van der Waals surface area contributed by atoms with Gasteiger partial charge < -0.3 is 15.7 Å². The molecule has 0 spiro atoms. The zero-order chi connectivity index (χ0) is 21.8. The molecule has 2 aromatic carbocycles. The van der Waals surface area contributed by atoms with Crippen molar-refractivity contribution in [3.8, 4) is 0 Å². The van der Waals surface area contributed by atoms with Crippen LogP contribution >= 0.6 is 0 Å². The second-order valence-corrected chi connectivity index (χ2v) is 7.37. The van der Waals surface area contributed by atoms with Gasteiger partial charge in [0.25, 0.3) is 0 Å². The van der Waals surface area contributed by atoms with Crippen LogP contribution in [0.15, 0.2) is 77.4 Å². The molecule has 6 nitrogen and oxygen atoms in total. The van der Waals surface area contributed by atoms with Crippen LogP contribution in [0.5, 0.6) is 0 Å². The van der Waals surface area contributed by atoms with E-state index in [1.807, 2.05) is 31.2 Å². The number of allylic oxidation sites excluding steroid dienone is 1. The Kier molecular flexibility index (Phi) is 6.20. The number of hydrogen-bond acceptors (Lipinski definition) is 5. The molecule has 1 amide bonds. The number of carbonyl (C=O) groups is 1. The number of aliphatic hydroxyl groups excluding tert-OH is 1. The Hall–Kier alpha value is -3.61. The third-order valence-corrected chi connectivity index (χ3v) is 5.13. The molecule has 0 fully saturated rings. The number of hydrogen-bond donors (Lipinski definition) is 2. The summed E-state index contributed by atoms with van der Waals surface area (Å²) in [6.07, 6.45) is 2.09. The van der Waals surface area contributed by atoms with Crippen LogP contribution in [0.25, 0.3) is 0 Å². The van der Waals surface area contributed by atoms with Gasteiger partial charge in [0.2, 0.25) is 6.41 Å². The molecule has 1 heterocycles. The second-order valence-electron chi connectivity index (χ2n) is 7.37. The molecule has 2 atom stereocenters. The molecule has 7 heteroatoms. The number of amides is 1. The fourth-order valence-electron chi connectivity index (χ4n) is 3.65. The van der Waals surface area contributed by atoms with E-state index < -0.39 is 12.0 Å². The molecule has 3 rings (SSSR count). The molecule has 0 saturated carbocycles. The summed E-state index contributed by atoms with van der Waals surface area (Å²) in [6.45, 7) is 5.86. The van der Waals surface area contributed by atoms with E-state index in [2.05, 4.69) is 11.7 Å². The van der Waals surface area contributed by atoms with E-state index in [0.717, 1.165) is 11.1 Å². The van der Waals surface area contributed by atoms with Gasteiger partial charge in [0.1, 0.15) is 5.82 Å². The van der Waals surface area contributed by atoms with Crippen molar-refractivity contribution in [3.05, 3.63) is 94.8 Å². The second kappa shape index (κ2) is 8.82. The summed E-state index contributed by atoms with van der Waals surface area (Å²) >= 11 is 0. The van der Waals surface area contributed by atoms with Crippen molar-refractivity contribution < 1.29 is 14.3 Å². The van der Waals surface area contributed by atoms with Gasteiger partial charge in [0.15, 0.2) is 11.6 Å². The first-order valence-corrected chi connectivity index (χ1v) is 9.51. The Morgan fingerprint density at radius 3 is 2.70 bits per heavy atom. The summed E-state index contributed by atoms with van der Waals surface area (Å²) in [5.74, 6) is -1.09. The van der Waals surface area contributed by atoms with Crippen LogP contribution in [0.1, 0.15) is 22.6 Å². The standard InChI is InChI=1S/C23H25FN4O2/c1-15-7-6-8-17(11-15)21(18-9-4-5-10-19(18)24)20(13-27(3)14-29)28-23(25)22(30)16(2)12-26-28/h4-12,14,20-21,30H,2,13,25H2,1,3H3. The van der Waals surface area contributed by atoms with Crippen LogP contribution in [-0.4, -0.2) is 47.3 Å². The normalized spacial score (nSPS) is 15.8. The van der Waals surface area contributed by atoms with E-state index in [1.165, 1.54) is 22.2 Å². The molecule has 0 aromatic heterocycles. The maximum absolute atomic E-state index is 15.0. The Morgan fingerprint density at radius 2 is 2.03 bits per heavy atom. The molecule has 0 aliphatic carbocycles. The van der Waals surface area contributed by atoms with Gasteiger partial charge >= 0.3 is 0 Å². The van der Waals surface area contributed by atoms with Crippen molar-refractivity contribution >= 4 is 12.6 Å². The summed E-state index contributed by atoms with van der Waals surface area (Å²) in [7, 11) is 1.63. The molecule has 3 N–H and O–H groups in total. The first-order valence-electron chi connectivity index (χ1n) is 9.51. The van der Waals surface area contributed by atoms with Gasteiger partial charge in [-0.2, -0.15) is 5.10 Å². The highest BCUT2D eigenvalue weighted by atomic mass is 19.1. The number of halogens is 1. The van der Waals surface area contributed by atoms with E-state index in [4.69, 9.17) is 5.73 Å². The molecule has 1 aliphatic heterocycles. The lowest BCUT2D eigenvalue weighted by molar-refractivity contribution is -0.117. The Morgan fingerprint density at radius 1 is 1.30 bits per heavy atom. The highest BCUT2D eigenvalue weighted by molar-refractivity contribution is 5.83. The number of aryl methyl sites for hydroxylation is 1. The van der Waals surface area contributed by atoms with Gasteiger partial charge in [-0.15, -0.1) is 0 Å². The monoisotopic (exact) mass is 408 g/mol. The van der Waals surface area contributed by atoms with Crippen LogP contribution in [-0.2, 0) is 4.79 Å². The lowest BCUT2D eigenvalue weighted by Gasteiger charge is -2.38. The van der Waals surface area contributed by atoms with Gasteiger partial charge in [-0.25, -0.2) is 9.40 Å². The molecular formula is C23H25FN4O2. The lowest BCUT2D eigenvalue weighted by atomic mass is 9.83. The number of aliphatic hydroxyl groups is 1. The first kappa shape index (κ1) is 21.1. The van der Waals surface area contributed by atoms with Gasteiger partial charge in [-0.1, -0.05) is 54.6 Å². The third kappa shape index (κ3) is 4.20. The molecule has 156 valence electrons. The highest BCUT2D eigenvalue weighted by Crippen LogP contribution is 2.35. The average molecular weight is 408 g/mol. The largest absolute Gasteiger partial charge is 0.504 e. The van der Waals surface area contributed by atoms with Crippen molar-refractivity contribution in [1.82, 2.24) is 9.91 Å². The third-order valence-electron chi connectivity index (χ3n) is 5.13. The Bertz CT molecular complexity index is 1020. The number of carbonyl (C=O) groups excluding carboxylic acids is 1. The maximum Gasteiger partial charge on any atom is 0.209 e. The summed E-state index contributed by atoms with van der Waals surface area (Å²) in [6, 6.07) is 13.6. The van der Waals surface area contributed by atoms with Crippen molar-refractivity contribution in [1.29, 1.82) is 0 Å². The van der Waals surface area contributed by atoms with Crippen molar-refractivity contribution in [2.45, 2.75) is 18.9 Å². The first-order chi connectivity index (χ1) is 14.3. The van der Waals surface area contributed by atoms with Crippen molar-refractivity contribution in [2.75, 3.05) is 13.6 Å². The van der Waals surface area contributed by atoms with Gasteiger partial charge in [-0.05, 0) is 24.1 Å². The Balaban J connectivity index is 2.21. The topological polar surface area (TPSA) is 82.2 Å². The van der Waals surface area contributed by atoms with E-state index in [1.54, 1.807) is 25.2 Å². The van der Waals surface area contributed by atoms with Crippen molar-refractivity contribution in [2.24, 2.45) is 10.8 Å². The number of likely N-dealkylation sites (N-methyl/N-ethyl adjacent to an activating group) is 1. The Labute approximate surface area is 175 Å². The fourth-order valence-corrected chi connectivity index (χ4v) is 3.65. The van der Waals surface area contributed by atoms with E-state index in [-0.39, 0.29) is 29.5 Å². The van der Waals surface area contributed by atoms with Crippen LogP contribution in [0, 0.1) is 12.7 Å². The van der Waals surface area contributed by atoms with Gasteiger partial charge in [0, 0.05) is 25.1 Å². The lowest BCUT2D eigenvalue weighted by Crippen LogP contribution is -2.47. The summed E-state index contributed by atoms with van der Waals surface area (Å²) in [4.78, 5) is 12.9. The zero-order valence-corrected chi connectivity index (χ0v) is 17.0. The van der Waals surface area contributed by atoms with Crippen molar-refractivity contribution in [3.63, 3.8) is 0 Å². The number of hydrazone groups is 1. The van der Waals surface area contributed by atoms with Gasteiger partial charge in [-0.3, -0.25) is 4.79 Å². The fraction of sp³-hybridized carbons (Fsp3) is 0.217. The summed E-state index contributed by atoms with van der Waals surface area (Å²) < 4.78 is 15.0. The SMILES string of the molecule is C=C1C=NN(C(CN(C)C=O)C(c2cccc(C)c2)c2ccccc2F)C(N)=C1O. The maximum atomic E-state index is 15.0. The van der Waals surface area contributed by atoms with Crippen LogP contribution in [0.2, 0.25) is 0 Å². The summed E-state index contributed by atoms with van der Waals surface area (Å²) in [5, 5.41) is 16.1. The molecular weight excluding hydrogens is 383 g/mol. The minimum Gasteiger partial charge on any atom is -0.504 e. The van der Waals surface area contributed by atoms with Crippen LogP contribution in [0.3, 0.4) is 0 Å². The number of benzene rings is 2. The predicted octanol–water partition coefficient (Wildman–Crippen LogP) is 3.27. The highest BCUT2D eigenvalue weighted by Gasteiger charge is 2.35. The molecule has 0 bridgehead atoms.